The maximum Gasteiger partial charge on any atom is 0.235 e. The van der Waals surface area contributed by atoms with E-state index in [-0.39, 0.29) is 18.1 Å². The average molecular weight is 571 g/mol. The van der Waals surface area contributed by atoms with Crippen LogP contribution in [-0.4, -0.2) is 72.8 Å². The molecule has 39 heavy (non-hydrogen) atoms. The van der Waals surface area contributed by atoms with Gasteiger partial charge in [0, 0.05) is 25.5 Å². The third kappa shape index (κ3) is 6.71. The molecule has 9 nitrogen and oxygen atoms in total. The fourth-order valence-electron chi connectivity index (χ4n) is 4.47. The number of benzene rings is 1. The molecule has 0 unspecified atom stereocenters. The molecule has 0 atom stereocenters. The van der Waals surface area contributed by atoms with Crippen molar-refractivity contribution in [3.05, 3.63) is 75.5 Å². The van der Waals surface area contributed by atoms with Crippen LogP contribution in [0.3, 0.4) is 0 Å². The number of carbonyl (C=O) groups is 2. The number of methoxy groups -OCH3 is 1. The lowest BCUT2D eigenvalue weighted by Crippen LogP contribution is -2.40. The van der Waals surface area contributed by atoms with Crippen molar-refractivity contribution in [3.63, 3.8) is 0 Å². The number of Topliss-reactive ketones (excluding diaryl/α,β-unsaturated/α-hetero) is 1. The van der Waals surface area contributed by atoms with Crippen molar-refractivity contribution in [2.45, 2.75) is 44.6 Å². The lowest BCUT2D eigenvalue weighted by Gasteiger charge is -2.27. The topological polar surface area (TPSA) is 110 Å². The number of thiazole rings is 1. The Kier molecular flexibility index (Phi) is 8.83. The van der Waals surface area contributed by atoms with Gasteiger partial charge in [-0.3, -0.25) is 14.6 Å². The number of ether oxygens (including phenoxy) is 1. The first-order valence-corrected chi connectivity index (χ1v) is 15.2. The second-order valence-corrected chi connectivity index (χ2v) is 13.4. The average Bonchev–Trinajstić information content (AvgIpc) is 3.64. The number of amides is 1. The first kappa shape index (κ1) is 28.8. The molecule has 1 aliphatic rings. The summed E-state index contributed by atoms with van der Waals surface area (Å²) >= 11 is 1.32. The van der Waals surface area contributed by atoms with Crippen LogP contribution in [0.4, 0.5) is 0 Å². The van der Waals surface area contributed by atoms with E-state index in [1.54, 1.807) is 20.2 Å². The largest absolute Gasteiger partial charge is 0.495 e. The lowest BCUT2D eigenvalue weighted by molar-refractivity contribution is -0.134. The first-order valence-electron chi connectivity index (χ1n) is 12.8. The van der Waals surface area contributed by atoms with Crippen LogP contribution in [0.15, 0.2) is 48.7 Å². The van der Waals surface area contributed by atoms with Crippen LogP contribution in [0.1, 0.15) is 50.9 Å². The second-order valence-electron chi connectivity index (χ2n) is 9.96. The third-order valence-electron chi connectivity index (χ3n) is 6.95. The van der Waals surface area contributed by atoms with E-state index < -0.39 is 27.0 Å². The van der Waals surface area contributed by atoms with Gasteiger partial charge in [-0.2, -0.15) is 0 Å². The summed E-state index contributed by atoms with van der Waals surface area (Å²) in [6.07, 6.45) is 4.64. The summed E-state index contributed by atoms with van der Waals surface area (Å²) in [6.45, 7) is 2.51. The Bertz CT molecular complexity index is 1420. The van der Waals surface area contributed by atoms with Crippen LogP contribution in [0, 0.1) is 6.92 Å². The van der Waals surface area contributed by atoms with E-state index in [1.807, 2.05) is 35.2 Å². The van der Waals surface area contributed by atoms with Crippen LogP contribution in [0.25, 0.3) is 0 Å². The van der Waals surface area contributed by atoms with Crippen LogP contribution in [0.2, 0.25) is 0 Å². The van der Waals surface area contributed by atoms with Crippen LogP contribution < -0.4 is 4.74 Å². The molecule has 0 saturated heterocycles. The van der Waals surface area contributed by atoms with Gasteiger partial charge in [-0.15, -0.1) is 11.3 Å². The van der Waals surface area contributed by atoms with Gasteiger partial charge in [0.15, 0.2) is 5.78 Å². The van der Waals surface area contributed by atoms with Gasteiger partial charge in [-0.25, -0.2) is 17.7 Å². The van der Waals surface area contributed by atoms with Gasteiger partial charge in [-0.1, -0.05) is 30.3 Å². The Morgan fingerprint density at radius 3 is 2.41 bits per heavy atom. The molecule has 0 bridgehead atoms. The van der Waals surface area contributed by atoms with Gasteiger partial charge < -0.3 is 9.64 Å². The fraction of sp³-hybridized carbons (Fsp3) is 0.429. The number of aromatic nitrogens is 2. The molecule has 2 heterocycles. The quantitative estimate of drug-likeness (QED) is 0.289. The smallest absolute Gasteiger partial charge is 0.235 e. The molecule has 0 spiro atoms. The van der Waals surface area contributed by atoms with Gasteiger partial charge in [0.2, 0.25) is 15.9 Å². The predicted octanol–water partition coefficient (Wildman–Crippen LogP) is 3.62. The van der Waals surface area contributed by atoms with E-state index in [2.05, 4.69) is 22.1 Å². The number of aryl methyl sites for hydroxylation is 2. The van der Waals surface area contributed by atoms with Gasteiger partial charge in [-0.05, 0) is 50.3 Å². The predicted molar refractivity (Wildman–Crippen MR) is 151 cm³/mol. The summed E-state index contributed by atoms with van der Waals surface area (Å²) in [5.74, 6) is -0.569. The number of carbonyl (C=O) groups excluding carboxylic acids is 2. The highest BCUT2D eigenvalue weighted by Gasteiger charge is 2.54. The molecule has 208 valence electrons. The van der Waals surface area contributed by atoms with E-state index in [0.29, 0.717) is 35.0 Å². The first-order chi connectivity index (χ1) is 18.6. The molecule has 0 N–H and O–H groups in total. The van der Waals surface area contributed by atoms with Gasteiger partial charge >= 0.3 is 0 Å². The zero-order chi connectivity index (χ0) is 28.2. The number of ketones is 1. The highest BCUT2D eigenvalue weighted by molar-refractivity contribution is 7.89. The van der Waals surface area contributed by atoms with E-state index >= 15 is 0 Å². The van der Waals surface area contributed by atoms with Crippen LogP contribution in [-0.2, 0) is 33.2 Å². The summed E-state index contributed by atoms with van der Waals surface area (Å²) in [7, 11) is 0.661. The number of nitrogens with zero attached hydrogens (tertiary/aromatic N) is 4. The number of rotatable bonds is 13. The summed E-state index contributed by atoms with van der Waals surface area (Å²) in [5.41, 5.74) is 1.39. The van der Waals surface area contributed by atoms with E-state index in [1.165, 1.54) is 31.0 Å². The fourth-order valence-corrected chi connectivity index (χ4v) is 6.16. The minimum absolute atomic E-state index is 0.0101. The highest BCUT2D eigenvalue weighted by Crippen LogP contribution is 2.49. The molecule has 1 aliphatic carbocycles. The SMILES string of the molecule is COc1ccc(C2(C(=O)N(CCCc3ccccc3)Cc3nc(C(=O)CS(=O)(=O)N(C)C)c(C)s3)CC2)nc1. The Morgan fingerprint density at radius 2 is 1.82 bits per heavy atom. The molecule has 1 saturated carbocycles. The molecule has 1 fully saturated rings. The Morgan fingerprint density at radius 1 is 1.10 bits per heavy atom. The standard InChI is InChI=1S/C28H34N4O5S2/c1-20-26(23(33)19-39(35,36)31(2)3)30-25(38-20)18-32(16-8-11-21-9-6-5-7-10-21)27(34)28(14-15-28)24-13-12-22(37-4)17-29-24/h5-7,9-10,12-13,17H,8,11,14-16,18-19H2,1-4H3. The number of hydrogen-bond acceptors (Lipinski definition) is 8. The Hall–Kier alpha value is -3.15. The second kappa shape index (κ2) is 11.9. The molecule has 3 aromatic rings. The summed E-state index contributed by atoms with van der Waals surface area (Å²) in [5, 5.41) is 0.602. The van der Waals surface area contributed by atoms with Crippen molar-refractivity contribution in [3.8, 4) is 5.75 Å². The van der Waals surface area contributed by atoms with Crippen molar-refractivity contribution in [1.29, 1.82) is 0 Å². The third-order valence-corrected chi connectivity index (χ3v) is 9.64. The molecule has 4 rings (SSSR count). The van der Waals surface area contributed by atoms with Gasteiger partial charge in [0.05, 0.1) is 31.0 Å². The van der Waals surface area contributed by atoms with Crippen molar-refractivity contribution in [1.82, 2.24) is 19.2 Å². The van der Waals surface area contributed by atoms with Crippen LogP contribution >= 0.6 is 11.3 Å². The molecule has 1 aromatic carbocycles. The number of pyridine rings is 1. The molecule has 0 radical (unpaired) electrons. The van der Waals surface area contributed by atoms with Gasteiger partial charge in [0.25, 0.3) is 0 Å². The summed E-state index contributed by atoms with van der Waals surface area (Å²) < 4.78 is 30.7. The van der Waals surface area contributed by atoms with Crippen molar-refractivity contribution in [2.24, 2.45) is 0 Å². The molecular formula is C28H34N4O5S2. The number of hydrogen-bond donors (Lipinski definition) is 0. The summed E-state index contributed by atoms with van der Waals surface area (Å²) in [6, 6.07) is 13.8. The van der Waals surface area contributed by atoms with E-state index in [9.17, 15) is 18.0 Å². The number of sulfonamides is 1. The Labute approximate surface area is 233 Å². The molecular weight excluding hydrogens is 536 g/mol. The van der Waals surface area contributed by atoms with E-state index in [0.717, 1.165) is 22.8 Å². The summed E-state index contributed by atoms with van der Waals surface area (Å²) in [4.78, 5) is 38.3. The van der Waals surface area contributed by atoms with Crippen molar-refractivity contribution < 1.29 is 22.7 Å². The maximum absolute atomic E-state index is 14.0. The van der Waals surface area contributed by atoms with Crippen molar-refractivity contribution >= 4 is 33.1 Å². The Balaban J connectivity index is 1.55. The van der Waals surface area contributed by atoms with Gasteiger partial charge in [0.1, 0.15) is 22.2 Å². The normalized spacial score (nSPS) is 14.3. The highest BCUT2D eigenvalue weighted by atomic mass is 32.2. The molecule has 1 amide bonds. The minimum atomic E-state index is -3.71. The van der Waals surface area contributed by atoms with Crippen LogP contribution in [0.5, 0.6) is 5.75 Å². The monoisotopic (exact) mass is 570 g/mol. The maximum atomic E-state index is 14.0. The lowest BCUT2D eigenvalue weighted by atomic mass is 9.99. The minimum Gasteiger partial charge on any atom is -0.495 e. The molecule has 11 heteroatoms. The molecule has 2 aromatic heterocycles. The van der Waals surface area contributed by atoms with E-state index in [4.69, 9.17) is 4.74 Å². The zero-order valence-electron chi connectivity index (χ0n) is 22.7. The molecule has 0 aliphatic heterocycles. The zero-order valence-corrected chi connectivity index (χ0v) is 24.3. The van der Waals surface area contributed by atoms with Crippen molar-refractivity contribution in [2.75, 3.05) is 33.5 Å².